The van der Waals surface area contributed by atoms with Gasteiger partial charge in [0, 0.05) is 10.9 Å². The molecule has 2 N–H and O–H groups in total. The molecule has 1 aliphatic rings. The molecule has 0 amide bonds. The maximum Gasteiger partial charge on any atom is 0.166 e. The van der Waals surface area contributed by atoms with Crippen molar-refractivity contribution in [1.82, 2.24) is 0 Å². The van der Waals surface area contributed by atoms with E-state index in [1.165, 1.54) is 0 Å². The van der Waals surface area contributed by atoms with Crippen LogP contribution in [-0.4, -0.2) is 10.2 Å². The van der Waals surface area contributed by atoms with Gasteiger partial charge in [0.15, 0.2) is 11.5 Å². The van der Waals surface area contributed by atoms with Gasteiger partial charge in [-0.15, -0.1) is 0 Å². The zero-order valence-electron chi connectivity index (χ0n) is 9.51. The zero-order valence-corrected chi connectivity index (χ0v) is 9.51. The van der Waals surface area contributed by atoms with Crippen LogP contribution in [0.15, 0.2) is 48.5 Å². The summed E-state index contributed by atoms with van der Waals surface area (Å²) < 4.78 is 0. The lowest BCUT2D eigenvalue weighted by Crippen LogP contribution is -1.78. The Bertz CT molecular complexity index is 804. The maximum atomic E-state index is 10.1. The lowest BCUT2D eigenvalue weighted by atomic mass is 10.0. The average molecular weight is 234 g/mol. The summed E-state index contributed by atoms with van der Waals surface area (Å²) in [5.41, 5.74) is 3.96. The van der Waals surface area contributed by atoms with E-state index >= 15 is 0 Å². The fourth-order valence-electron chi connectivity index (χ4n) is 2.85. The molecule has 0 aliphatic heterocycles. The molecule has 0 saturated heterocycles. The van der Waals surface area contributed by atoms with Crippen molar-refractivity contribution in [3.8, 4) is 33.8 Å². The Hall–Kier alpha value is -2.48. The van der Waals surface area contributed by atoms with Gasteiger partial charge in [-0.1, -0.05) is 42.5 Å². The minimum absolute atomic E-state index is 0.0279. The first kappa shape index (κ1) is 9.54. The topological polar surface area (TPSA) is 40.5 Å². The number of phenols is 2. The Balaban J connectivity index is 2.33. The van der Waals surface area contributed by atoms with Crippen LogP contribution in [0, 0.1) is 0 Å². The van der Waals surface area contributed by atoms with Crippen molar-refractivity contribution in [3.05, 3.63) is 48.5 Å². The van der Waals surface area contributed by atoms with E-state index in [9.17, 15) is 10.2 Å². The molecule has 2 heteroatoms. The van der Waals surface area contributed by atoms with Gasteiger partial charge in [0.2, 0.25) is 0 Å². The SMILES string of the molecule is Oc1cc2cccc3c2c(c1O)-c1ccccc1-3. The van der Waals surface area contributed by atoms with Crippen molar-refractivity contribution in [3.63, 3.8) is 0 Å². The second kappa shape index (κ2) is 3.05. The first-order chi connectivity index (χ1) is 8.77. The highest BCUT2D eigenvalue weighted by Gasteiger charge is 2.25. The third-order valence-electron chi connectivity index (χ3n) is 3.60. The monoisotopic (exact) mass is 234 g/mol. The summed E-state index contributed by atoms with van der Waals surface area (Å²) in [7, 11) is 0. The predicted molar refractivity (Wildman–Crippen MR) is 71.7 cm³/mol. The molecule has 3 aromatic rings. The van der Waals surface area contributed by atoms with E-state index in [0.29, 0.717) is 0 Å². The van der Waals surface area contributed by atoms with Crippen LogP contribution in [0.4, 0.5) is 0 Å². The molecule has 18 heavy (non-hydrogen) atoms. The molecule has 0 heterocycles. The third kappa shape index (κ3) is 0.979. The average Bonchev–Trinajstić information content (AvgIpc) is 2.73. The first-order valence-corrected chi connectivity index (χ1v) is 5.85. The van der Waals surface area contributed by atoms with Crippen molar-refractivity contribution in [2.45, 2.75) is 0 Å². The van der Waals surface area contributed by atoms with Crippen LogP contribution in [0.5, 0.6) is 11.5 Å². The van der Waals surface area contributed by atoms with Crippen molar-refractivity contribution in [2.24, 2.45) is 0 Å². The van der Waals surface area contributed by atoms with Crippen molar-refractivity contribution in [1.29, 1.82) is 0 Å². The fraction of sp³-hybridized carbons (Fsp3) is 0. The van der Waals surface area contributed by atoms with Gasteiger partial charge < -0.3 is 10.2 Å². The van der Waals surface area contributed by atoms with Gasteiger partial charge >= 0.3 is 0 Å². The predicted octanol–water partition coefficient (Wildman–Crippen LogP) is 3.90. The molecule has 0 fully saturated rings. The van der Waals surface area contributed by atoms with Gasteiger partial charge in [-0.2, -0.15) is 0 Å². The Kier molecular flexibility index (Phi) is 1.61. The minimum Gasteiger partial charge on any atom is -0.504 e. The van der Waals surface area contributed by atoms with Crippen molar-refractivity contribution >= 4 is 10.8 Å². The molecule has 0 radical (unpaired) electrons. The largest absolute Gasteiger partial charge is 0.504 e. The number of benzene rings is 3. The molecule has 1 aliphatic carbocycles. The quantitative estimate of drug-likeness (QED) is 0.453. The normalized spacial score (nSPS) is 11.8. The summed E-state index contributed by atoms with van der Waals surface area (Å²) in [5, 5.41) is 21.9. The number of fused-ring (bicyclic) bond motifs is 3. The number of phenolic OH excluding ortho intramolecular Hbond substituents is 2. The van der Waals surface area contributed by atoms with Gasteiger partial charge in [0.1, 0.15) is 0 Å². The van der Waals surface area contributed by atoms with E-state index in [1.54, 1.807) is 6.07 Å². The Morgan fingerprint density at radius 1 is 0.722 bits per heavy atom. The summed E-state index contributed by atoms with van der Waals surface area (Å²) in [6.07, 6.45) is 0. The molecule has 0 spiro atoms. The highest BCUT2D eigenvalue weighted by Crippen LogP contribution is 2.53. The van der Waals surface area contributed by atoms with E-state index in [4.69, 9.17) is 0 Å². The van der Waals surface area contributed by atoms with E-state index in [1.807, 2.05) is 42.5 Å². The molecule has 0 saturated carbocycles. The molecule has 0 bridgehead atoms. The van der Waals surface area contributed by atoms with Crippen LogP contribution in [0.2, 0.25) is 0 Å². The molecular formula is C16H10O2. The summed E-state index contributed by atoms with van der Waals surface area (Å²) in [5.74, 6) is -0.0914. The van der Waals surface area contributed by atoms with Gasteiger partial charge in [-0.25, -0.2) is 0 Å². The summed E-state index contributed by atoms with van der Waals surface area (Å²) in [6, 6.07) is 15.5. The molecule has 86 valence electrons. The van der Waals surface area contributed by atoms with E-state index < -0.39 is 0 Å². The molecule has 0 aromatic heterocycles. The van der Waals surface area contributed by atoms with Gasteiger partial charge in [0.25, 0.3) is 0 Å². The molecule has 3 aromatic carbocycles. The lowest BCUT2D eigenvalue weighted by Gasteiger charge is -2.06. The van der Waals surface area contributed by atoms with E-state index in [-0.39, 0.29) is 11.5 Å². The van der Waals surface area contributed by atoms with Crippen LogP contribution in [0.1, 0.15) is 0 Å². The molecule has 2 nitrogen and oxygen atoms in total. The van der Waals surface area contributed by atoms with Gasteiger partial charge in [-0.05, 0) is 28.1 Å². The number of aromatic hydroxyl groups is 2. The zero-order chi connectivity index (χ0) is 12.3. The maximum absolute atomic E-state index is 10.1. The standard InChI is InChI=1S/C16H10O2/c17-13-8-9-4-3-7-11-10-5-1-2-6-12(10)15(14(9)11)16(13)18/h1-8,17-18H. The van der Waals surface area contributed by atoms with Crippen LogP contribution in [0.3, 0.4) is 0 Å². The number of hydrogen-bond acceptors (Lipinski definition) is 2. The second-order valence-electron chi connectivity index (χ2n) is 4.57. The molecule has 0 unspecified atom stereocenters. The minimum atomic E-state index is -0.0636. The smallest absolute Gasteiger partial charge is 0.166 e. The fourth-order valence-corrected chi connectivity index (χ4v) is 2.85. The second-order valence-corrected chi connectivity index (χ2v) is 4.57. The summed E-state index contributed by atoms with van der Waals surface area (Å²) >= 11 is 0. The Labute approximate surface area is 104 Å². The van der Waals surface area contributed by atoms with Crippen LogP contribution in [0.25, 0.3) is 33.0 Å². The van der Waals surface area contributed by atoms with Gasteiger partial charge in [-0.3, -0.25) is 0 Å². The van der Waals surface area contributed by atoms with Crippen LogP contribution >= 0.6 is 0 Å². The first-order valence-electron chi connectivity index (χ1n) is 5.85. The number of hydrogen-bond donors (Lipinski definition) is 2. The van der Waals surface area contributed by atoms with Crippen LogP contribution < -0.4 is 0 Å². The van der Waals surface area contributed by atoms with E-state index in [2.05, 4.69) is 0 Å². The van der Waals surface area contributed by atoms with Crippen molar-refractivity contribution < 1.29 is 10.2 Å². The Morgan fingerprint density at radius 3 is 2.28 bits per heavy atom. The molecule has 4 rings (SSSR count). The highest BCUT2D eigenvalue weighted by atomic mass is 16.3. The lowest BCUT2D eigenvalue weighted by molar-refractivity contribution is 0.406. The van der Waals surface area contributed by atoms with Crippen molar-refractivity contribution in [2.75, 3.05) is 0 Å². The van der Waals surface area contributed by atoms with E-state index in [0.717, 1.165) is 33.0 Å². The highest BCUT2D eigenvalue weighted by molar-refractivity contribution is 6.17. The molecular weight excluding hydrogens is 224 g/mol. The summed E-state index contributed by atoms with van der Waals surface area (Å²) in [6.45, 7) is 0. The van der Waals surface area contributed by atoms with Gasteiger partial charge in [0.05, 0.1) is 0 Å². The van der Waals surface area contributed by atoms with Crippen LogP contribution in [-0.2, 0) is 0 Å². The Morgan fingerprint density at radius 2 is 1.44 bits per heavy atom. The number of rotatable bonds is 0. The third-order valence-corrected chi connectivity index (χ3v) is 3.60. The summed E-state index contributed by atoms with van der Waals surface area (Å²) in [4.78, 5) is 0. The molecule has 0 atom stereocenters.